The molecule has 0 saturated carbocycles. The summed E-state index contributed by atoms with van der Waals surface area (Å²) in [4.78, 5) is 12.1. The normalized spacial score (nSPS) is 12.6. The predicted molar refractivity (Wildman–Crippen MR) is 111 cm³/mol. The Hall–Kier alpha value is -3.94. The SMILES string of the molecule is COc1ccc(/C=C\C(=O)OCc2cc(-c3ccc4c(c3)OCCO4)on2)cc1OC. The molecular weight excluding hydrogens is 402 g/mol. The fourth-order valence-electron chi connectivity index (χ4n) is 3.03. The summed E-state index contributed by atoms with van der Waals surface area (Å²) in [6, 6.07) is 12.6. The Bertz CT molecular complexity index is 1100. The molecule has 0 unspecified atom stereocenters. The van der Waals surface area contributed by atoms with Crippen molar-refractivity contribution in [2.24, 2.45) is 0 Å². The molecule has 0 spiro atoms. The molecule has 1 aromatic heterocycles. The van der Waals surface area contributed by atoms with Crippen LogP contribution in [0.25, 0.3) is 17.4 Å². The number of carbonyl (C=O) groups is 1. The minimum absolute atomic E-state index is 0.0108. The molecule has 3 aromatic rings. The average molecular weight is 423 g/mol. The van der Waals surface area contributed by atoms with E-state index in [9.17, 15) is 4.79 Å². The Labute approximate surface area is 178 Å². The van der Waals surface area contributed by atoms with Gasteiger partial charge in [0, 0.05) is 17.7 Å². The largest absolute Gasteiger partial charge is 0.493 e. The number of fused-ring (bicyclic) bond motifs is 1. The van der Waals surface area contributed by atoms with Crippen LogP contribution in [0.3, 0.4) is 0 Å². The number of aromatic nitrogens is 1. The summed E-state index contributed by atoms with van der Waals surface area (Å²) >= 11 is 0. The van der Waals surface area contributed by atoms with Crippen molar-refractivity contribution in [3.05, 3.63) is 59.8 Å². The van der Waals surface area contributed by atoms with Crippen molar-refractivity contribution < 1.29 is 33.0 Å². The van der Waals surface area contributed by atoms with Crippen LogP contribution in [0.15, 0.2) is 53.1 Å². The number of ether oxygens (including phenoxy) is 5. The quantitative estimate of drug-likeness (QED) is 0.418. The molecule has 0 aliphatic carbocycles. The maximum atomic E-state index is 12.1. The number of nitrogens with zero attached hydrogens (tertiary/aromatic N) is 1. The fourth-order valence-corrected chi connectivity index (χ4v) is 3.03. The molecule has 4 rings (SSSR count). The summed E-state index contributed by atoms with van der Waals surface area (Å²) in [6.07, 6.45) is 2.97. The van der Waals surface area contributed by atoms with Crippen LogP contribution >= 0.6 is 0 Å². The average Bonchev–Trinajstić information content (AvgIpc) is 3.30. The van der Waals surface area contributed by atoms with E-state index in [0.717, 1.165) is 11.1 Å². The van der Waals surface area contributed by atoms with E-state index in [2.05, 4.69) is 5.16 Å². The van der Waals surface area contributed by atoms with Gasteiger partial charge in [0.1, 0.15) is 25.5 Å². The topological polar surface area (TPSA) is 89.3 Å². The molecule has 8 nitrogen and oxygen atoms in total. The minimum atomic E-state index is -0.501. The first-order valence-electron chi connectivity index (χ1n) is 9.59. The minimum Gasteiger partial charge on any atom is -0.493 e. The third-order valence-corrected chi connectivity index (χ3v) is 4.57. The van der Waals surface area contributed by atoms with Crippen molar-refractivity contribution in [3.8, 4) is 34.3 Å². The van der Waals surface area contributed by atoms with Gasteiger partial charge in [0.2, 0.25) is 0 Å². The number of carbonyl (C=O) groups excluding carboxylic acids is 1. The molecule has 1 aliphatic rings. The number of hydrogen-bond donors (Lipinski definition) is 0. The molecule has 0 atom stereocenters. The predicted octanol–water partition coefficient (Wildman–Crippen LogP) is 3.89. The van der Waals surface area contributed by atoms with Crippen molar-refractivity contribution >= 4 is 12.0 Å². The molecule has 31 heavy (non-hydrogen) atoms. The molecule has 160 valence electrons. The highest BCUT2D eigenvalue weighted by Gasteiger charge is 2.15. The molecule has 2 heterocycles. The second kappa shape index (κ2) is 9.25. The molecule has 0 N–H and O–H groups in total. The second-order valence-electron chi connectivity index (χ2n) is 6.60. The van der Waals surface area contributed by atoms with Crippen LogP contribution in [0, 0.1) is 0 Å². The maximum absolute atomic E-state index is 12.1. The molecule has 0 amide bonds. The molecule has 0 bridgehead atoms. The Kier molecular flexibility index (Phi) is 6.07. The van der Waals surface area contributed by atoms with E-state index in [-0.39, 0.29) is 6.61 Å². The van der Waals surface area contributed by atoms with E-state index in [1.807, 2.05) is 24.3 Å². The van der Waals surface area contributed by atoms with E-state index in [1.165, 1.54) is 6.08 Å². The lowest BCUT2D eigenvalue weighted by Crippen LogP contribution is -2.15. The first-order chi connectivity index (χ1) is 15.2. The van der Waals surface area contributed by atoms with Gasteiger partial charge in [-0.25, -0.2) is 4.79 Å². The highest BCUT2D eigenvalue weighted by atomic mass is 16.6. The lowest BCUT2D eigenvalue weighted by molar-refractivity contribution is -0.139. The van der Waals surface area contributed by atoms with Crippen LogP contribution in [-0.4, -0.2) is 38.6 Å². The zero-order chi connectivity index (χ0) is 21.6. The van der Waals surface area contributed by atoms with Gasteiger partial charge in [-0.3, -0.25) is 0 Å². The molecular formula is C23H21NO7. The lowest BCUT2D eigenvalue weighted by atomic mass is 10.1. The van der Waals surface area contributed by atoms with Gasteiger partial charge in [-0.05, 0) is 42.0 Å². The number of esters is 1. The molecule has 0 radical (unpaired) electrons. The lowest BCUT2D eigenvalue weighted by Gasteiger charge is -2.18. The number of methoxy groups -OCH3 is 2. The van der Waals surface area contributed by atoms with Crippen LogP contribution in [0.2, 0.25) is 0 Å². The van der Waals surface area contributed by atoms with Crippen LogP contribution < -0.4 is 18.9 Å². The smallest absolute Gasteiger partial charge is 0.331 e. The Balaban J connectivity index is 1.35. The van der Waals surface area contributed by atoms with Crippen molar-refractivity contribution in [1.82, 2.24) is 5.16 Å². The van der Waals surface area contributed by atoms with Crippen molar-refractivity contribution in [2.45, 2.75) is 6.61 Å². The highest BCUT2D eigenvalue weighted by molar-refractivity contribution is 5.87. The first kappa shape index (κ1) is 20.3. The van der Waals surface area contributed by atoms with Gasteiger partial charge in [-0.15, -0.1) is 0 Å². The maximum Gasteiger partial charge on any atom is 0.331 e. The molecule has 8 heteroatoms. The Morgan fingerprint density at radius 2 is 1.81 bits per heavy atom. The summed E-state index contributed by atoms with van der Waals surface area (Å²) in [5, 5.41) is 3.96. The standard InChI is InChI=1S/C23H21NO7/c1-26-18-6-3-15(11-21(18)27-2)4-8-23(25)30-14-17-13-20(31-24-17)16-5-7-19-22(12-16)29-10-9-28-19/h3-8,11-13H,9-10,14H2,1-2H3/b8-4-. The number of benzene rings is 2. The molecule has 1 aliphatic heterocycles. The van der Waals surface area contributed by atoms with Crippen LogP contribution in [0.1, 0.15) is 11.3 Å². The summed E-state index contributed by atoms with van der Waals surface area (Å²) < 4.78 is 32.2. The summed E-state index contributed by atoms with van der Waals surface area (Å²) in [5.74, 6) is 2.59. The zero-order valence-corrected chi connectivity index (χ0v) is 17.1. The van der Waals surface area contributed by atoms with E-state index < -0.39 is 5.97 Å². The van der Waals surface area contributed by atoms with Gasteiger partial charge in [0.15, 0.2) is 28.8 Å². The molecule has 0 saturated heterocycles. The van der Waals surface area contributed by atoms with E-state index in [0.29, 0.717) is 47.7 Å². The number of hydrogen-bond acceptors (Lipinski definition) is 8. The highest BCUT2D eigenvalue weighted by Crippen LogP contribution is 2.34. The van der Waals surface area contributed by atoms with E-state index >= 15 is 0 Å². The van der Waals surface area contributed by atoms with Gasteiger partial charge in [0.05, 0.1) is 14.2 Å². The number of rotatable bonds is 7. The van der Waals surface area contributed by atoms with Gasteiger partial charge in [-0.2, -0.15) is 0 Å². The van der Waals surface area contributed by atoms with Gasteiger partial charge >= 0.3 is 5.97 Å². The molecule has 0 fully saturated rings. The zero-order valence-electron chi connectivity index (χ0n) is 17.1. The van der Waals surface area contributed by atoms with Gasteiger partial charge in [0.25, 0.3) is 0 Å². The summed E-state index contributed by atoms with van der Waals surface area (Å²) in [5.41, 5.74) is 2.07. The summed E-state index contributed by atoms with van der Waals surface area (Å²) in [7, 11) is 3.12. The van der Waals surface area contributed by atoms with E-state index in [4.69, 9.17) is 28.2 Å². The van der Waals surface area contributed by atoms with Crippen LogP contribution in [-0.2, 0) is 16.1 Å². The van der Waals surface area contributed by atoms with Crippen molar-refractivity contribution in [2.75, 3.05) is 27.4 Å². The van der Waals surface area contributed by atoms with Crippen molar-refractivity contribution in [3.63, 3.8) is 0 Å². The van der Waals surface area contributed by atoms with Crippen molar-refractivity contribution in [1.29, 1.82) is 0 Å². The fraction of sp³-hybridized carbons (Fsp3) is 0.217. The summed E-state index contributed by atoms with van der Waals surface area (Å²) in [6.45, 7) is 1.03. The van der Waals surface area contributed by atoms with Crippen LogP contribution in [0.4, 0.5) is 0 Å². The van der Waals surface area contributed by atoms with Crippen LogP contribution in [0.5, 0.6) is 23.0 Å². The third-order valence-electron chi connectivity index (χ3n) is 4.57. The van der Waals surface area contributed by atoms with Gasteiger partial charge in [-0.1, -0.05) is 11.2 Å². The Morgan fingerprint density at radius 3 is 2.61 bits per heavy atom. The third kappa shape index (κ3) is 4.80. The first-order valence-corrected chi connectivity index (χ1v) is 9.59. The molecule has 2 aromatic carbocycles. The monoisotopic (exact) mass is 423 g/mol. The van der Waals surface area contributed by atoms with Gasteiger partial charge < -0.3 is 28.2 Å². The van der Waals surface area contributed by atoms with E-state index in [1.54, 1.807) is 38.5 Å². The Morgan fingerprint density at radius 1 is 1.00 bits per heavy atom. The second-order valence-corrected chi connectivity index (χ2v) is 6.60.